The summed E-state index contributed by atoms with van der Waals surface area (Å²) in [4.78, 5) is 11.9. The van der Waals surface area contributed by atoms with Crippen LogP contribution in [0, 0.1) is 0 Å². The van der Waals surface area contributed by atoms with Crippen molar-refractivity contribution in [1.82, 2.24) is 9.99 Å². The number of ether oxygens (including phenoxy) is 1. The molecule has 0 bridgehead atoms. The van der Waals surface area contributed by atoms with Crippen LogP contribution in [0.1, 0.15) is 31.9 Å². The molecule has 140 valence electrons. The first-order valence-corrected chi connectivity index (χ1v) is 8.94. The van der Waals surface area contributed by atoms with Crippen LogP contribution in [-0.2, 0) is 17.3 Å². The van der Waals surface area contributed by atoms with Gasteiger partial charge in [0.1, 0.15) is 5.75 Å². The molecule has 27 heavy (non-hydrogen) atoms. The number of benzene rings is 2. The van der Waals surface area contributed by atoms with E-state index in [0.717, 1.165) is 16.5 Å². The molecule has 0 saturated heterocycles. The minimum absolute atomic E-state index is 0.0816. The smallest absolute Gasteiger partial charge is 0.277 e. The Bertz CT molecular complexity index is 963. The lowest BCUT2D eigenvalue weighted by Crippen LogP contribution is -2.24. The molecule has 0 saturated carbocycles. The van der Waals surface area contributed by atoms with E-state index in [0.29, 0.717) is 5.75 Å². The number of hydrazone groups is 1. The maximum absolute atomic E-state index is 11.9. The van der Waals surface area contributed by atoms with E-state index in [1.54, 1.807) is 6.21 Å². The Kier molecular flexibility index (Phi) is 5.31. The Morgan fingerprint density at radius 1 is 1.15 bits per heavy atom. The molecule has 1 N–H and O–H groups in total. The topological polar surface area (TPSA) is 55.6 Å². The van der Waals surface area contributed by atoms with Crippen molar-refractivity contribution in [1.29, 1.82) is 0 Å². The van der Waals surface area contributed by atoms with Gasteiger partial charge in [0.15, 0.2) is 6.61 Å². The number of nitrogens with one attached hydrogen (secondary N) is 1. The number of carbonyl (C=O) groups is 1. The Morgan fingerprint density at radius 3 is 2.56 bits per heavy atom. The van der Waals surface area contributed by atoms with Gasteiger partial charge in [-0.2, -0.15) is 5.10 Å². The molecular weight excluding hydrogens is 338 g/mol. The summed E-state index contributed by atoms with van der Waals surface area (Å²) in [7, 11) is 1.98. The standard InChI is InChI=1S/C22H25N3O2/c1-22(2,3)17-9-11-18(12-10-17)27-15-21(26)24-23-13-16-14-25(4)20-8-6-5-7-19(16)20/h5-14H,15H2,1-4H3,(H,24,26)/b23-13+. The lowest BCUT2D eigenvalue weighted by molar-refractivity contribution is -0.123. The van der Waals surface area contributed by atoms with Crippen LogP contribution in [0.2, 0.25) is 0 Å². The van der Waals surface area contributed by atoms with Crippen LogP contribution in [0.25, 0.3) is 10.9 Å². The third-order valence-electron chi connectivity index (χ3n) is 4.41. The van der Waals surface area contributed by atoms with E-state index in [-0.39, 0.29) is 17.9 Å². The fraction of sp³-hybridized carbons (Fsp3) is 0.273. The van der Waals surface area contributed by atoms with Crippen LogP contribution in [-0.4, -0.2) is 23.3 Å². The van der Waals surface area contributed by atoms with Crippen LogP contribution in [0.4, 0.5) is 0 Å². The van der Waals surface area contributed by atoms with Crippen molar-refractivity contribution in [3.05, 3.63) is 65.9 Å². The molecule has 0 fully saturated rings. The lowest BCUT2D eigenvalue weighted by atomic mass is 9.87. The van der Waals surface area contributed by atoms with Gasteiger partial charge in [-0.15, -0.1) is 0 Å². The Labute approximate surface area is 159 Å². The molecule has 2 aromatic carbocycles. The Morgan fingerprint density at radius 2 is 1.85 bits per heavy atom. The zero-order valence-electron chi connectivity index (χ0n) is 16.2. The van der Waals surface area contributed by atoms with Crippen molar-refractivity contribution >= 4 is 23.0 Å². The first kappa shape index (κ1) is 18.7. The number of hydrogen-bond donors (Lipinski definition) is 1. The third-order valence-corrected chi connectivity index (χ3v) is 4.41. The number of aryl methyl sites for hydroxylation is 1. The molecule has 1 heterocycles. The maximum atomic E-state index is 11.9. The number of rotatable bonds is 5. The molecule has 0 aliphatic rings. The summed E-state index contributed by atoms with van der Waals surface area (Å²) in [6.45, 7) is 6.39. The summed E-state index contributed by atoms with van der Waals surface area (Å²) in [6, 6.07) is 15.9. The molecule has 0 radical (unpaired) electrons. The molecular formula is C22H25N3O2. The van der Waals surface area contributed by atoms with Crippen LogP contribution in [0.3, 0.4) is 0 Å². The summed E-state index contributed by atoms with van der Waals surface area (Å²) in [5, 5.41) is 5.14. The normalized spacial score (nSPS) is 11.9. The highest BCUT2D eigenvalue weighted by Crippen LogP contribution is 2.24. The molecule has 0 spiro atoms. The number of amides is 1. The highest BCUT2D eigenvalue weighted by atomic mass is 16.5. The largest absolute Gasteiger partial charge is 0.484 e. The van der Waals surface area contributed by atoms with Crippen LogP contribution < -0.4 is 10.2 Å². The average molecular weight is 363 g/mol. The average Bonchev–Trinajstić information content (AvgIpc) is 2.96. The van der Waals surface area contributed by atoms with E-state index in [1.165, 1.54) is 5.56 Å². The SMILES string of the molecule is Cn1cc(/C=N/NC(=O)COc2ccc(C(C)(C)C)cc2)c2ccccc21. The molecule has 0 atom stereocenters. The highest BCUT2D eigenvalue weighted by Gasteiger charge is 2.13. The van der Waals surface area contributed by atoms with Gasteiger partial charge in [-0.05, 0) is 29.2 Å². The Balaban J connectivity index is 1.54. The second-order valence-electron chi connectivity index (χ2n) is 7.57. The van der Waals surface area contributed by atoms with Crippen LogP contribution >= 0.6 is 0 Å². The van der Waals surface area contributed by atoms with E-state index < -0.39 is 0 Å². The number of hydrogen-bond acceptors (Lipinski definition) is 3. The molecule has 1 aromatic heterocycles. The fourth-order valence-corrected chi connectivity index (χ4v) is 2.88. The monoisotopic (exact) mass is 363 g/mol. The van der Waals surface area contributed by atoms with Gasteiger partial charge >= 0.3 is 0 Å². The van der Waals surface area contributed by atoms with Gasteiger partial charge in [-0.3, -0.25) is 4.79 Å². The molecule has 3 rings (SSSR count). The zero-order chi connectivity index (χ0) is 19.4. The van der Waals surface area contributed by atoms with Crippen molar-refractivity contribution < 1.29 is 9.53 Å². The van der Waals surface area contributed by atoms with E-state index in [9.17, 15) is 4.79 Å². The van der Waals surface area contributed by atoms with Crippen molar-refractivity contribution in [2.24, 2.45) is 12.1 Å². The van der Waals surface area contributed by atoms with Crippen molar-refractivity contribution in [2.75, 3.05) is 6.61 Å². The van der Waals surface area contributed by atoms with Gasteiger partial charge in [0, 0.05) is 29.7 Å². The second kappa shape index (κ2) is 7.66. The number of para-hydroxylation sites is 1. The third kappa shape index (κ3) is 4.56. The van der Waals surface area contributed by atoms with Crippen molar-refractivity contribution in [3.63, 3.8) is 0 Å². The van der Waals surface area contributed by atoms with Gasteiger partial charge in [-0.25, -0.2) is 5.43 Å². The molecule has 0 aliphatic carbocycles. The first-order valence-electron chi connectivity index (χ1n) is 8.94. The molecule has 0 unspecified atom stereocenters. The number of carbonyl (C=O) groups excluding carboxylic acids is 1. The van der Waals surface area contributed by atoms with Gasteiger partial charge in [0.25, 0.3) is 5.91 Å². The number of nitrogens with zero attached hydrogens (tertiary/aromatic N) is 2. The van der Waals surface area contributed by atoms with Crippen LogP contribution in [0.15, 0.2) is 59.8 Å². The predicted octanol–water partition coefficient (Wildman–Crippen LogP) is 4.00. The number of aromatic nitrogens is 1. The van der Waals surface area contributed by atoms with Gasteiger partial charge in [0.05, 0.1) is 6.21 Å². The van der Waals surface area contributed by atoms with E-state index >= 15 is 0 Å². The first-order chi connectivity index (χ1) is 12.8. The highest BCUT2D eigenvalue weighted by molar-refractivity contribution is 5.99. The van der Waals surface area contributed by atoms with Crippen molar-refractivity contribution in [2.45, 2.75) is 26.2 Å². The maximum Gasteiger partial charge on any atom is 0.277 e. The molecule has 3 aromatic rings. The van der Waals surface area contributed by atoms with Gasteiger partial charge in [-0.1, -0.05) is 51.1 Å². The second-order valence-corrected chi connectivity index (χ2v) is 7.57. The number of fused-ring (bicyclic) bond motifs is 1. The van der Waals surface area contributed by atoms with Gasteiger partial charge in [0.2, 0.25) is 0 Å². The van der Waals surface area contributed by atoms with E-state index in [4.69, 9.17) is 4.74 Å². The summed E-state index contributed by atoms with van der Waals surface area (Å²) < 4.78 is 7.55. The molecule has 5 nitrogen and oxygen atoms in total. The predicted molar refractivity (Wildman–Crippen MR) is 109 cm³/mol. The van der Waals surface area contributed by atoms with Crippen LogP contribution in [0.5, 0.6) is 5.75 Å². The summed E-state index contributed by atoms with van der Waals surface area (Å²) in [6.07, 6.45) is 3.63. The fourth-order valence-electron chi connectivity index (χ4n) is 2.88. The minimum Gasteiger partial charge on any atom is -0.484 e. The zero-order valence-corrected chi connectivity index (χ0v) is 16.2. The summed E-state index contributed by atoms with van der Waals surface area (Å²) in [5.74, 6) is 0.363. The molecule has 5 heteroatoms. The van der Waals surface area contributed by atoms with Crippen molar-refractivity contribution in [3.8, 4) is 5.75 Å². The minimum atomic E-state index is -0.300. The van der Waals surface area contributed by atoms with E-state index in [2.05, 4.69) is 31.3 Å². The quantitative estimate of drug-likeness (QED) is 0.550. The summed E-state index contributed by atoms with van der Waals surface area (Å²) >= 11 is 0. The Hall–Kier alpha value is -3.08. The molecule has 1 amide bonds. The lowest BCUT2D eigenvalue weighted by Gasteiger charge is -2.19. The molecule has 0 aliphatic heterocycles. The van der Waals surface area contributed by atoms with Gasteiger partial charge < -0.3 is 9.30 Å². The summed E-state index contributed by atoms with van der Waals surface area (Å²) in [5.41, 5.74) is 5.89. The van der Waals surface area contributed by atoms with E-state index in [1.807, 2.05) is 66.3 Å².